The summed E-state index contributed by atoms with van der Waals surface area (Å²) in [6.07, 6.45) is 3.91. The van der Waals surface area contributed by atoms with Crippen LogP contribution in [0, 0.1) is 6.92 Å². The molecule has 0 radical (unpaired) electrons. The van der Waals surface area contributed by atoms with Crippen molar-refractivity contribution in [2.75, 3.05) is 0 Å². The lowest BCUT2D eigenvalue weighted by atomic mass is 10.1. The third-order valence-corrected chi connectivity index (χ3v) is 4.18. The highest BCUT2D eigenvalue weighted by Crippen LogP contribution is 2.24. The lowest BCUT2D eigenvalue weighted by Gasteiger charge is -2.09. The highest BCUT2D eigenvalue weighted by molar-refractivity contribution is 5.66. The van der Waals surface area contributed by atoms with E-state index >= 15 is 0 Å². The average molecular weight is 329 g/mol. The van der Waals surface area contributed by atoms with Gasteiger partial charge in [-0.1, -0.05) is 12.1 Å². The summed E-state index contributed by atoms with van der Waals surface area (Å²) >= 11 is 0. The fourth-order valence-corrected chi connectivity index (χ4v) is 2.86. The SMILES string of the molecule is Cc1cccc(-c2ncc3ccc(-c4cccc(C(C)N)n4)cn23)n1. The lowest BCUT2D eigenvalue weighted by Crippen LogP contribution is -2.07. The van der Waals surface area contributed by atoms with Crippen LogP contribution in [0.2, 0.25) is 0 Å². The molecule has 0 aliphatic heterocycles. The molecule has 4 aromatic heterocycles. The first-order valence-corrected chi connectivity index (χ1v) is 8.26. The third-order valence-electron chi connectivity index (χ3n) is 4.18. The zero-order valence-corrected chi connectivity index (χ0v) is 14.2. The number of aryl methyl sites for hydroxylation is 1. The van der Waals surface area contributed by atoms with E-state index in [1.807, 2.05) is 62.5 Å². The number of fused-ring (bicyclic) bond motifs is 1. The maximum Gasteiger partial charge on any atom is 0.163 e. The molecule has 2 N–H and O–H groups in total. The van der Waals surface area contributed by atoms with E-state index in [1.165, 1.54) is 0 Å². The maximum absolute atomic E-state index is 5.96. The average Bonchev–Trinajstić information content (AvgIpc) is 3.05. The summed E-state index contributed by atoms with van der Waals surface area (Å²) in [5.74, 6) is 0.823. The number of imidazole rings is 1. The molecule has 1 atom stereocenters. The molecular formula is C20H19N5. The number of aromatic nitrogens is 4. The van der Waals surface area contributed by atoms with Crippen molar-refractivity contribution in [1.82, 2.24) is 19.4 Å². The molecule has 0 aliphatic carbocycles. The van der Waals surface area contributed by atoms with E-state index in [4.69, 9.17) is 5.73 Å². The topological polar surface area (TPSA) is 69.1 Å². The van der Waals surface area contributed by atoms with Crippen molar-refractivity contribution in [2.45, 2.75) is 19.9 Å². The zero-order valence-electron chi connectivity index (χ0n) is 14.2. The second-order valence-electron chi connectivity index (χ2n) is 6.20. The molecular weight excluding hydrogens is 310 g/mol. The van der Waals surface area contributed by atoms with Gasteiger partial charge in [0.1, 0.15) is 5.69 Å². The minimum absolute atomic E-state index is 0.0935. The Morgan fingerprint density at radius 2 is 1.76 bits per heavy atom. The molecule has 0 bridgehead atoms. The Bertz CT molecular complexity index is 1050. The van der Waals surface area contributed by atoms with E-state index in [2.05, 4.69) is 31.6 Å². The molecule has 5 nitrogen and oxygen atoms in total. The summed E-state index contributed by atoms with van der Waals surface area (Å²) < 4.78 is 2.05. The molecule has 0 spiro atoms. The van der Waals surface area contributed by atoms with Crippen LogP contribution in [-0.2, 0) is 0 Å². The molecule has 0 aliphatic rings. The van der Waals surface area contributed by atoms with E-state index in [9.17, 15) is 0 Å². The van der Waals surface area contributed by atoms with Crippen molar-refractivity contribution >= 4 is 5.52 Å². The summed E-state index contributed by atoms with van der Waals surface area (Å²) in [7, 11) is 0. The molecule has 5 heteroatoms. The smallest absolute Gasteiger partial charge is 0.163 e. The van der Waals surface area contributed by atoms with Crippen molar-refractivity contribution < 1.29 is 0 Å². The highest BCUT2D eigenvalue weighted by Gasteiger charge is 2.10. The first-order valence-electron chi connectivity index (χ1n) is 8.26. The Labute approximate surface area is 146 Å². The Kier molecular flexibility index (Phi) is 3.78. The minimum Gasteiger partial charge on any atom is -0.323 e. The molecule has 1 unspecified atom stereocenters. The molecule has 4 rings (SSSR count). The fraction of sp³-hybridized carbons (Fsp3) is 0.150. The van der Waals surface area contributed by atoms with Gasteiger partial charge in [0.05, 0.1) is 23.1 Å². The van der Waals surface area contributed by atoms with Crippen molar-refractivity contribution in [2.24, 2.45) is 5.73 Å². The second kappa shape index (κ2) is 6.11. The largest absolute Gasteiger partial charge is 0.323 e. The summed E-state index contributed by atoms with van der Waals surface area (Å²) in [6.45, 7) is 3.92. The van der Waals surface area contributed by atoms with Crippen LogP contribution in [-0.4, -0.2) is 19.4 Å². The van der Waals surface area contributed by atoms with Gasteiger partial charge in [0, 0.05) is 23.5 Å². The summed E-state index contributed by atoms with van der Waals surface area (Å²) in [5.41, 5.74) is 11.6. The van der Waals surface area contributed by atoms with E-state index in [0.717, 1.165) is 39.7 Å². The predicted octanol–water partition coefficient (Wildman–Crippen LogP) is 3.79. The monoisotopic (exact) mass is 329 g/mol. The van der Waals surface area contributed by atoms with Crippen molar-refractivity contribution in [1.29, 1.82) is 0 Å². The zero-order chi connectivity index (χ0) is 17.4. The molecule has 0 fully saturated rings. The molecule has 0 aromatic carbocycles. The van der Waals surface area contributed by atoms with Crippen LogP contribution in [0.5, 0.6) is 0 Å². The number of hydrogen-bond acceptors (Lipinski definition) is 4. The fourth-order valence-electron chi connectivity index (χ4n) is 2.86. The molecule has 4 heterocycles. The van der Waals surface area contributed by atoms with Gasteiger partial charge < -0.3 is 5.73 Å². The number of nitrogens with zero attached hydrogens (tertiary/aromatic N) is 4. The Balaban J connectivity index is 1.85. The van der Waals surface area contributed by atoms with Gasteiger partial charge in [-0.15, -0.1) is 0 Å². The predicted molar refractivity (Wildman–Crippen MR) is 99.0 cm³/mol. The quantitative estimate of drug-likeness (QED) is 0.621. The van der Waals surface area contributed by atoms with Gasteiger partial charge in [-0.05, 0) is 50.2 Å². The van der Waals surface area contributed by atoms with E-state index in [-0.39, 0.29) is 6.04 Å². The molecule has 0 amide bonds. The molecule has 0 saturated carbocycles. The molecule has 124 valence electrons. The van der Waals surface area contributed by atoms with Gasteiger partial charge >= 0.3 is 0 Å². The lowest BCUT2D eigenvalue weighted by molar-refractivity contribution is 0.782. The maximum atomic E-state index is 5.96. The van der Waals surface area contributed by atoms with Crippen molar-refractivity contribution in [3.8, 4) is 22.8 Å². The van der Waals surface area contributed by atoms with Crippen LogP contribution in [0.15, 0.2) is 60.9 Å². The number of nitrogens with two attached hydrogens (primary N) is 1. The van der Waals surface area contributed by atoms with Crippen molar-refractivity contribution in [3.05, 3.63) is 72.3 Å². The molecule has 25 heavy (non-hydrogen) atoms. The summed E-state index contributed by atoms with van der Waals surface area (Å²) in [5, 5.41) is 0. The summed E-state index contributed by atoms with van der Waals surface area (Å²) in [4.78, 5) is 13.8. The van der Waals surface area contributed by atoms with Gasteiger partial charge in [-0.25, -0.2) is 9.97 Å². The van der Waals surface area contributed by atoms with Crippen LogP contribution in [0.4, 0.5) is 0 Å². The van der Waals surface area contributed by atoms with E-state index < -0.39 is 0 Å². The first kappa shape index (κ1) is 15.5. The normalized spacial score (nSPS) is 12.4. The van der Waals surface area contributed by atoms with Gasteiger partial charge in [0.25, 0.3) is 0 Å². The second-order valence-corrected chi connectivity index (χ2v) is 6.20. The highest BCUT2D eigenvalue weighted by atomic mass is 15.0. The van der Waals surface area contributed by atoms with Gasteiger partial charge in [0.2, 0.25) is 0 Å². The van der Waals surface area contributed by atoms with Gasteiger partial charge in [-0.3, -0.25) is 9.38 Å². The van der Waals surface area contributed by atoms with Gasteiger partial charge in [0.15, 0.2) is 5.82 Å². The van der Waals surface area contributed by atoms with Crippen LogP contribution in [0.1, 0.15) is 24.4 Å². The van der Waals surface area contributed by atoms with E-state index in [1.54, 1.807) is 0 Å². The van der Waals surface area contributed by atoms with E-state index in [0.29, 0.717) is 0 Å². The van der Waals surface area contributed by atoms with Gasteiger partial charge in [-0.2, -0.15) is 0 Å². The minimum atomic E-state index is -0.0935. The number of rotatable bonds is 3. The Hall–Kier alpha value is -3.05. The molecule has 0 saturated heterocycles. The van der Waals surface area contributed by atoms with Crippen molar-refractivity contribution in [3.63, 3.8) is 0 Å². The van der Waals surface area contributed by atoms with Crippen LogP contribution in [0.25, 0.3) is 28.3 Å². The van der Waals surface area contributed by atoms with Crippen LogP contribution < -0.4 is 5.73 Å². The Morgan fingerprint density at radius 3 is 2.56 bits per heavy atom. The molecule has 4 aromatic rings. The number of hydrogen-bond donors (Lipinski definition) is 1. The van der Waals surface area contributed by atoms with Crippen LogP contribution in [0.3, 0.4) is 0 Å². The summed E-state index contributed by atoms with van der Waals surface area (Å²) in [6, 6.07) is 15.9. The van der Waals surface area contributed by atoms with Crippen LogP contribution >= 0.6 is 0 Å². The standard InChI is InChI=1S/C20H19N5/c1-13-5-3-8-19(23-13)20-22-11-16-10-9-15(12-25(16)20)18-7-4-6-17(24-18)14(2)21/h3-12,14H,21H2,1-2H3. The number of pyridine rings is 3. The third kappa shape index (κ3) is 2.90. The Morgan fingerprint density at radius 1 is 0.960 bits per heavy atom. The first-order chi connectivity index (χ1) is 12.1.